The van der Waals surface area contributed by atoms with Gasteiger partial charge in [-0.3, -0.25) is 4.79 Å². The van der Waals surface area contributed by atoms with Gasteiger partial charge in [0.15, 0.2) is 5.78 Å². The molecular formula is C14H21NO5. The van der Waals surface area contributed by atoms with Gasteiger partial charge in [-0.15, -0.1) is 0 Å². The van der Waals surface area contributed by atoms with Gasteiger partial charge in [0.1, 0.15) is 6.10 Å². The van der Waals surface area contributed by atoms with Gasteiger partial charge < -0.3 is 19.5 Å². The third kappa shape index (κ3) is 6.10. The van der Waals surface area contributed by atoms with E-state index in [9.17, 15) is 9.59 Å². The number of carbonyl (C=O) groups excluding carboxylic acids is 2. The van der Waals surface area contributed by atoms with Gasteiger partial charge in [-0.2, -0.15) is 0 Å². The predicted octanol–water partition coefficient (Wildman–Crippen LogP) is 0.234. The SMILES string of the molecule is C=C(CC1CO1)C(=O)OC.C=CC(=O)C1CNCCO1. The Bertz CT molecular complexity index is 370. The summed E-state index contributed by atoms with van der Waals surface area (Å²) >= 11 is 0. The molecule has 2 heterocycles. The van der Waals surface area contributed by atoms with E-state index in [0.717, 1.165) is 13.2 Å². The summed E-state index contributed by atoms with van der Waals surface area (Å²) in [5, 5.41) is 3.06. The minimum absolute atomic E-state index is 0.0350. The fourth-order valence-corrected chi connectivity index (χ4v) is 1.57. The van der Waals surface area contributed by atoms with Gasteiger partial charge >= 0.3 is 5.97 Å². The lowest BCUT2D eigenvalue weighted by Crippen LogP contribution is -2.42. The van der Waals surface area contributed by atoms with Crippen LogP contribution < -0.4 is 5.32 Å². The second-order valence-corrected chi connectivity index (χ2v) is 4.42. The molecule has 2 aliphatic rings. The summed E-state index contributed by atoms with van der Waals surface area (Å²) < 4.78 is 14.5. The monoisotopic (exact) mass is 283 g/mol. The van der Waals surface area contributed by atoms with Gasteiger partial charge in [-0.05, 0) is 6.08 Å². The first-order valence-electron chi connectivity index (χ1n) is 6.44. The minimum atomic E-state index is -0.337. The Hall–Kier alpha value is -1.50. The Balaban J connectivity index is 0.000000200. The molecule has 20 heavy (non-hydrogen) atoms. The van der Waals surface area contributed by atoms with E-state index in [2.05, 4.69) is 23.2 Å². The number of epoxide rings is 1. The summed E-state index contributed by atoms with van der Waals surface area (Å²) in [4.78, 5) is 21.6. The molecule has 0 saturated carbocycles. The van der Waals surface area contributed by atoms with E-state index < -0.39 is 0 Å². The fraction of sp³-hybridized carbons (Fsp3) is 0.571. The van der Waals surface area contributed by atoms with Crippen molar-refractivity contribution in [2.75, 3.05) is 33.4 Å². The number of hydrogen-bond donors (Lipinski definition) is 1. The van der Waals surface area contributed by atoms with Crippen LogP contribution in [-0.2, 0) is 23.8 Å². The number of carbonyl (C=O) groups is 2. The van der Waals surface area contributed by atoms with Gasteiger partial charge in [0.05, 0.1) is 26.4 Å². The van der Waals surface area contributed by atoms with Crippen LogP contribution in [0, 0.1) is 0 Å². The summed E-state index contributed by atoms with van der Waals surface area (Å²) in [5.41, 5.74) is 0.491. The van der Waals surface area contributed by atoms with Crippen LogP contribution in [0.5, 0.6) is 0 Å². The molecule has 112 valence electrons. The average Bonchev–Trinajstić information content (AvgIpc) is 3.31. The second kappa shape index (κ2) is 8.63. The molecule has 2 saturated heterocycles. The molecule has 0 aromatic carbocycles. The lowest BCUT2D eigenvalue weighted by Gasteiger charge is -2.20. The van der Waals surface area contributed by atoms with Crippen LogP contribution in [0.3, 0.4) is 0 Å². The van der Waals surface area contributed by atoms with Crippen molar-refractivity contribution in [1.82, 2.24) is 5.32 Å². The molecule has 0 radical (unpaired) electrons. The maximum absolute atomic E-state index is 10.9. The molecule has 0 amide bonds. The smallest absolute Gasteiger partial charge is 0.333 e. The molecule has 0 aromatic rings. The topological polar surface area (TPSA) is 77.2 Å². The molecular weight excluding hydrogens is 262 g/mol. The molecule has 0 spiro atoms. The Kier molecular flexibility index (Phi) is 7.14. The van der Waals surface area contributed by atoms with E-state index in [-0.39, 0.29) is 24.0 Å². The van der Waals surface area contributed by atoms with Crippen molar-refractivity contribution in [1.29, 1.82) is 0 Å². The Morgan fingerprint density at radius 1 is 1.45 bits per heavy atom. The molecule has 6 nitrogen and oxygen atoms in total. The lowest BCUT2D eigenvalue weighted by atomic mass is 10.2. The predicted molar refractivity (Wildman–Crippen MR) is 73.3 cm³/mol. The average molecular weight is 283 g/mol. The van der Waals surface area contributed by atoms with Crippen molar-refractivity contribution in [3.63, 3.8) is 0 Å². The molecule has 0 aromatic heterocycles. The third-order valence-corrected chi connectivity index (χ3v) is 2.80. The van der Waals surface area contributed by atoms with Crippen LogP contribution >= 0.6 is 0 Å². The molecule has 2 fully saturated rings. The quantitative estimate of drug-likeness (QED) is 0.442. The first-order chi connectivity index (χ1) is 9.58. The van der Waals surface area contributed by atoms with Crippen LogP contribution in [0.4, 0.5) is 0 Å². The standard InChI is InChI=1S/C7H11NO2.C7H10O3/c1-2-6(9)7-5-8-3-4-10-7;1-5(7(8)9-2)3-6-4-10-6/h2,7-8H,1,3-5H2;6H,1,3-4H2,2H3. The fourth-order valence-electron chi connectivity index (χ4n) is 1.57. The normalized spacial score (nSPS) is 23.9. The van der Waals surface area contributed by atoms with Gasteiger partial charge in [-0.25, -0.2) is 4.79 Å². The van der Waals surface area contributed by atoms with E-state index in [0.29, 0.717) is 25.1 Å². The van der Waals surface area contributed by atoms with Gasteiger partial charge in [0, 0.05) is 25.1 Å². The zero-order valence-corrected chi connectivity index (χ0v) is 11.7. The second-order valence-electron chi connectivity index (χ2n) is 4.42. The van der Waals surface area contributed by atoms with Crippen molar-refractivity contribution in [3.05, 3.63) is 24.8 Å². The largest absolute Gasteiger partial charge is 0.466 e. The Labute approximate surface area is 118 Å². The number of morpholine rings is 1. The molecule has 2 rings (SSSR count). The summed E-state index contributed by atoms with van der Waals surface area (Å²) in [6.07, 6.45) is 1.82. The van der Waals surface area contributed by atoms with Crippen molar-refractivity contribution in [2.24, 2.45) is 0 Å². The van der Waals surface area contributed by atoms with E-state index >= 15 is 0 Å². The molecule has 0 bridgehead atoms. The number of rotatable bonds is 5. The van der Waals surface area contributed by atoms with E-state index in [1.54, 1.807) is 0 Å². The number of ketones is 1. The third-order valence-electron chi connectivity index (χ3n) is 2.80. The number of esters is 1. The van der Waals surface area contributed by atoms with Crippen LogP contribution in [0.15, 0.2) is 24.8 Å². The Morgan fingerprint density at radius 2 is 2.15 bits per heavy atom. The zero-order chi connectivity index (χ0) is 15.0. The highest BCUT2D eigenvalue weighted by Gasteiger charge is 2.25. The number of methoxy groups -OCH3 is 1. The van der Waals surface area contributed by atoms with Gasteiger partial charge in [0.2, 0.25) is 0 Å². The lowest BCUT2D eigenvalue weighted by molar-refractivity contribution is -0.136. The van der Waals surface area contributed by atoms with E-state index in [1.807, 2.05) is 0 Å². The number of nitrogens with one attached hydrogen (secondary N) is 1. The first-order valence-corrected chi connectivity index (χ1v) is 6.44. The zero-order valence-electron chi connectivity index (χ0n) is 11.7. The summed E-state index contributed by atoms with van der Waals surface area (Å²) in [5.74, 6) is -0.372. The van der Waals surface area contributed by atoms with Gasteiger partial charge in [0.25, 0.3) is 0 Å². The maximum Gasteiger partial charge on any atom is 0.333 e. The van der Waals surface area contributed by atoms with E-state index in [4.69, 9.17) is 9.47 Å². The summed E-state index contributed by atoms with van der Waals surface area (Å²) in [6, 6.07) is 0. The molecule has 2 atom stereocenters. The highest BCUT2D eigenvalue weighted by molar-refractivity contribution is 5.93. The minimum Gasteiger partial charge on any atom is -0.466 e. The van der Waals surface area contributed by atoms with Crippen molar-refractivity contribution >= 4 is 11.8 Å². The van der Waals surface area contributed by atoms with Gasteiger partial charge in [-0.1, -0.05) is 13.2 Å². The summed E-state index contributed by atoms with van der Waals surface area (Å²) in [6.45, 7) is 9.74. The van der Waals surface area contributed by atoms with Crippen LogP contribution in [0.25, 0.3) is 0 Å². The maximum atomic E-state index is 10.9. The van der Waals surface area contributed by atoms with Crippen molar-refractivity contribution < 1.29 is 23.8 Å². The first kappa shape index (κ1) is 16.6. The highest BCUT2D eigenvalue weighted by Crippen LogP contribution is 2.18. The highest BCUT2D eigenvalue weighted by atomic mass is 16.6. The molecule has 6 heteroatoms. The number of hydrogen-bond acceptors (Lipinski definition) is 6. The van der Waals surface area contributed by atoms with Crippen LogP contribution in [0.1, 0.15) is 6.42 Å². The molecule has 2 unspecified atom stereocenters. The van der Waals surface area contributed by atoms with Crippen LogP contribution in [0.2, 0.25) is 0 Å². The van der Waals surface area contributed by atoms with Crippen LogP contribution in [-0.4, -0.2) is 57.4 Å². The molecule has 0 aliphatic carbocycles. The molecule has 2 aliphatic heterocycles. The van der Waals surface area contributed by atoms with Crippen molar-refractivity contribution in [2.45, 2.75) is 18.6 Å². The van der Waals surface area contributed by atoms with E-state index in [1.165, 1.54) is 13.2 Å². The van der Waals surface area contributed by atoms with Crippen molar-refractivity contribution in [3.8, 4) is 0 Å². The molecule has 1 N–H and O–H groups in total. The number of ether oxygens (including phenoxy) is 3. The Morgan fingerprint density at radius 3 is 2.60 bits per heavy atom. The summed E-state index contributed by atoms with van der Waals surface area (Å²) in [7, 11) is 1.35.